The average molecular weight is 374 g/mol. The number of nitrogens with zero attached hydrogens (tertiary/aromatic N) is 1. The Labute approximate surface area is 161 Å². The molecule has 2 rings (SSSR count). The molecule has 0 bridgehead atoms. The van der Waals surface area contributed by atoms with Crippen molar-refractivity contribution in [2.75, 3.05) is 19.7 Å². The summed E-state index contributed by atoms with van der Waals surface area (Å²) >= 11 is 0. The first-order valence-corrected chi connectivity index (χ1v) is 9.88. The predicted octanol–water partition coefficient (Wildman–Crippen LogP) is 2.46. The molecule has 0 aromatic heterocycles. The lowest BCUT2D eigenvalue weighted by atomic mass is 10.1. The van der Waals surface area contributed by atoms with Gasteiger partial charge in [0.2, 0.25) is 11.8 Å². The first-order chi connectivity index (χ1) is 13.1. The number of rotatable bonds is 10. The molecule has 1 heterocycles. The zero-order valence-electron chi connectivity index (χ0n) is 16.1. The van der Waals surface area contributed by atoms with Crippen molar-refractivity contribution in [3.63, 3.8) is 0 Å². The molecule has 1 aromatic rings. The number of piperazine rings is 1. The molecule has 1 aromatic carbocycles. The first-order valence-electron chi connectivity index (χ1n) is 9.88. The van der Waals surface area contributed by atoms with Gasteiger partial charge in [-0.1, -0.05) is 50.1 Å². The smallest absolute Gasteiger partial charge is 0.308 e. The van der Waals surface area contributed by atoms with Gasteiger partial charge in [0.1, 0.15) is 6.04 Å². The quantitative estimate of drug-likeness (QED) is 0.504. The molecule has 1 atom stereocenters. The van der Waals surface area contributed by atoms with E-state index in [1.165, 1.54) is 5.56 Å². The van der Waals surface area contributed by atoms with E-state index in [4.69, 9.17) is 4.74 Å². The van der Waals surface area contributed by atoms with Gasteiger partial charge in [-0.05, 0) is 24.8 Å². The van der Waals surface area contributed by atoms with Crippen molar-refractivity contribution >= 4 is 17.8 Å². The summed E-state index contributed by atoms with van der Waals surface area (Å²) in [6.07, 6.45) is 4.73. The van der Waals surface area contributed by atoms with E-state index >= 15 is 0 Å². The number of hydrogen-bond acceptors (Lipinski definition) is 4. The Balaban J connectivity index is 1.77. The van der Waals surface area contributed by atoms with Crippen LogP contribution in [0.2, 0.25) is 0 Å². The number of carbonyl (C=O) groups excluding carboxylic acids is 3. The summed E-state index contributed by atoms with van der Waals surface area (Å²) in [6, 6.07) is 9.25. The summed E-state index contributed by atoms with van der Waals surface area (Å²) in [5.74, 6) is -0.761. The van der Waals surface area contributed by atoms with Gasteiger partial charge in [0.15, 0.2) is 0 Å². The standard InChI is InChI=1S/C21H30N2O4/c1-2-3-5-12-19(24)23-14-13-22-21(26)18(23)16-20(25)27-15-8-11-17-9-6-4-7-10-17/h4,6-7,9-10,18H,2-3,5,8,11-16H2,1H3,(H,22,26)/t18-/m0/s1. The van der Waals surface area contributed by atoms with Crippen LogP contribution in [0.3, 0.4) is 0 Å². The lowest BCUT2D eigenvalue weighted by molar-refractivity contribution is -0.152. The summed E-state index contributed by atoms with van der Waals surface area (Å²) in [4.78, 5) is 38.3. The van der Waals surface area contributed by atoms with Gasteiger partial charge in [-0.3, -0.25) is 14.4 Å². The molecule has 0 aliphatic carbocycles. The third-order valence-corrected chi connectivity index (χ3v) is 4.72. The lowest BCUT2D eigenvalue weighted by Gasteiger charge is -2.34. The average Bonchev–Trinajstić information content (AvgIpc) is 2.68. The van der Waals surface area contributed by atoms with E-state index in [1.807, 2.05) is 30.3 Å². The van der Waals surface area contributed by atoms with Crippen LogP contribution in [0.1, 0.15) is 51.0 Å². The van der Waals surface area contributed by atoms with Crippen LogP contribution < -0.4 is 5.32 Å². The maximum atomic E-state index is 12.4. The molecular weight excluding hydrogens is 344 g/mol. The molecule has 1 saturated heterocycles. The molecule has 1 aliphatic rings. The fraction of sp³-hybridized carbons (Fsp3) is 0.571. The van der Waals surface area contributed by atoms with Gasteiger partial charge in [-0.2, -0.15) is 0 Å². The van der Waals surface area contributed by atoms with Crippen LogP contribution in [-0.4, -0.2) is 48.4 Å². The van der Waals surface area contributed by atoms with E-state index in [9.17, 15) is 14.4 Å². The second kappa shape index (κ2) is 11.4. The highest BCUT2D eigenvalue weighted by Crippen LogP contribution is 2.14. The van der Waals surface area contributed by atoms with Crippen LogP contribution in [0.5, 0.6) is 0 Å². The molecule has 0 radical (unpaired) electrons. The van der Waals surface area contributed by atoms with Crippen LogP contribution in [0, 0.1) is 0 Å². The van der Waals surface area contributed by atoms with E-state index < -0.39 is 12.0 Å². The molecule has 2 amide bonds. The molecule has 1 N–H and O–H groups in total. The molecule has 1 fully saturated rings. The van der Waals surface area contributed by atoms with Gasteiger partial charge < -0.3 is 15.0 Å². The number of benzene rings is 1. The number of nitrogens with one attached hydrogen (secondary N) is 1. The van der Waals surface area contributed by atoms with E-state index in [0.29, 0.717) is 26.1 Å². The van der Waals surface area contributed by atoms with Gasteiger partial charge >= 0.3 is 5.97 Å². The summed E-state index contributed by atoms with van der Waals surface area (Å²) in [5.41, 5.74) is 1.20. The van der Waals surface area contributed by atoms with E-state index in [-0.39, 0.29) is 18.2 Å². The molecule has 0 saturated carbocycles. The number of amides is 2. The van der Waals surface area contributed by atoms with Crippen LogP contribution in [0.4, 0.5) is 0 Å². The minimum Gasteiger partial charge on any atom is -0.466 e. The van der Waals surface area contributed by atoms with Crippen molar-refractivity contribution in [2.45, 2.75) is 57.9 Å². The fourth-order valence-corrected chi connectivity index (χ4v) is 3.21. The minimum absolute atomic E-state index is 0.0554. The second-order valence-electron chi connectivity index (χ2n) is 6.86. The van der Waals surface area contributed by atoms with E-state index in [0.717, 1.165) is 32.1 Å². The Morgan fingerprint density at radius 1 is 1.19 bits per heavy atom. The number of unbranched alkanes of at least 4 members (excludes halogenated alkanes) is 2. The van der Waals surface area contributed by atoms with Crippen LogP contribution in [0.25, 0.3) is 0 Å². The molecule has 6 nitrogen and oxygen atoms in total. The number of hydrogen-bond donors (Lipinski definition) is 1. The number of carbonyl (C=O) groups is 3. The number of aryl methyl sites for hydroxylation is 1. The second-order valence-corrected chi connectivity index (χ2v) is 6.86. The Kier molecular flexibility index (Phi) is 8.81. The maximum absolute atomic E-state index is 12.4. The third-order valence-electron chi connectivity index (χ3n) is 4.72. The summed E-state index contributed by atoms with van der Waals surface area (Å²) < 4.78 is 5.28. The molecule has 6 heteroatoms. The minimum atomic E-state index is -0.755. The van der Waals surface area contributed by atoms with Crippen molar-refractivity contribution in [1.82, 2.24) is 10.2 Å². The summed E-state index contributed by atoms with van der Waals surface area (Å²) in [7, 11) is 0. The topological polar surface area (TPSA) is 75.7 Å². The lowest BCUT2D eigenvalue weighted by Crippen LogP contribution is -2.57. The molecular formula is C21H30N2O4. The molecule has 0 unspecified atom stereocenters. The Hall–Kier alpha value is -2.37. The van der Waals surface area contributed by atoms with Crippen molar-refractivity contribution in [2.24, 2.45) is 0 Å². The van der Waals surface area contributed by atoms with Crippen molar-refractivity contribution < 1.29 is 19.1 Å². The summed E-state index contributed by atoms with van der Waals surface area (Å²) in [5, 5.41) is 2.74. The Morgan fingerprint density at radius 2 is 1.96 bits per heavy atom. The Bertz CT molecular complexity index is 618. The van der Waals surface area contributed by atoms with Gasteiger partial charge in [0.05, 0.1) is 13.0 Å². The zero-order chi connectivity index (χ0) is 19.5. The fourth-order valence-electron chi connectivity index (χ4n) is 3.21. The predicted molar refractivity (Wildman–Crippen MR) is 103 cm³/mol. The zero-order valence-corrected chi connectivity index (χ0v) is 16.1. The van der Waals surface area contributed by atoms with Crippen LogP contribution in [-0.2, 0) is 25.5 Å². The molecule has 148 valence electrons. The highest BCUT2D eigenvalue weighted by atomic mass is 16.5. The molecule has 1 aliphatic heterocycles. The first kappa shape index (κ1) is 20.9. The van der Waals surface area contributed by atoms with Gasteiger partial charge in [-0.25, -0.2) is 0 Å². The highest BCUT2D eigenvalue weighted by Gasteiger charge is 2.34. The van der Waals surface area contributed by atoms with Crippen molar-refractivity contribution in [3.05, 3.63) is 35.9 Å². The van der Waals surface area contributed by atoms with Gasteiger partial charge in [-0.15, -0.1) is 0 Å². The molecule has 0 spiro atoms. The van der Waals surface area contributed by atoms with Gasteiger partial charge in [0.25, 0.3) is 0 Å². The number of esters is 1. The summed E-state index contributed by atoms with van der Waals surface area (Å²) in [6.45, 7) is 3.27. The SMILES string of the molecule is CCCCCC(=O)N1CCNC(=O)[C@@H]1CC(=O)OCCCc1ccccc1. The monoisotopic (exact) mass is 374 g/mol. The normalized spacial score (nSPS) is 16.7. The Morgan fingerprint density at radius 3 is 2.70 bits per heavy atom. The third kappa shape index (κ3) is 7.04. The van der Waals surface area contributed by atoms with E-state index in [1.54, 1.807) is 4.90 Å². The van der Waals surface area contributed by atoms with Gasteiger partial charge in [0, 0.05) is 19.5 Å². The van der Waals surface area contributed by atoms with E-state index in [2.05, 4.69) is 12.2 Å². The van der Waals surface area contributed by atoms with Crippen molar-refractivity contribution in [3.8, 4) is 0 Å². The van der Waals surface area contributed by atoms with Crippen LogP contribution >= 0.6 is 0 Å². The molecule has 27 heavy (non-hydrogen) atoms. The van der Waals surface area contributed by atoms with Crippen LogP contribution in [0.15, 0.2) is 30.3 Å². The number of ether oxygens (including phenoxy) is 1. The maximum Gasteiger partial charge on any atom is 0.308 e. The largest absolute Gasteiger partial charge is 0.466 e. The highest BCUT2D eigenvalue weighted by molar-refractivity contribution is 5.91. The van der Waals surface area contributed by atoms with Crippen molar-refractivity contribution in [1.29, 1.82) is 0 Å².